The van der Waals surface area contributed by atoms with E-state index in [2.05, 4.69) is 4.18 Å². The first-order chi connectivity index (χ1) is 5.48. The fourth-order valence-electron chi connectivity index (χ4n) is 0.459. The van der Waals surface area contributed by atoms with Crippen molar-refractivity contribution in [1.82, 2.24) is 0 Å². The van der Waals surface area contributed by atoms with Crippen molar-refractivity contribution >= 4 is 16.1 Å². The predicted molar refractivity (Wildman–Crippen MR) is 41.0 cm³/mol. The van der Waals surface area contributed by atoms with Crippen molar-refractivity contribution in [3.8, 4) is 0 Å². The van der Waals surface area contributed by atoms with Gasteiger partial charge < -0.3 is 10.8 Å². The third-order valence-corrected chi connectivity index (χ3v) is 2.21. The molecule has 0 bridgehead atoms. The van der Waals surface area contributed by atoms with E-state index in [0.717, 1.165) is 0 Å². The molecule has 0 atom stereocenters. The van der Waals surface area contributed by atoms with E-state index in [-0.39, 0.29) is 25.3 Å². The van der Waals surface area contributed by atoms with Gasteiger partial charge in [-0.25, -0.2) is 0 Å². The van der Waals surface area contributed by atoms with Crippen LogP contribution in [0.3, 0.4) is 0 Å². The quantitative estimate of drug-likeness (QED) is 0.516. The van der Waals surface area contributed by atoms with Gasteiger partial charge in [-0.3, -0.25) is 8.98 Å². The second-order valence-corrected chi connectivity index (χ2v) is 3.78. The highest BCUT2D eigenvalue weighted by Crippen LogP contribution is 1.93. The summed E-state index contributed by atoms with van der Waals surface area (Å²) >= 11 is 0. The van der Waals surface area contributed by atoms with Gasteiger partial charge in [-0.2, -0.15) is 8.42 Å². The molecule has 6 nitrogen and oxygen atoms in total. The van der Waals surface area contributed by atoms with Gasteiger partial charge in [-0.1, -0.05) is 0 Å². The molecular weight excluding hydrogens is 186 g/mol. The topological polar surface area (TPSA) is 107 Å². The van der Waals surface area contributed by atoms with Gasteiger partial charge in [-0.15, -0.1) is 0 Å². The maximum Gasteiger partial charge on any atom is 0.305 e. The fourth-order valence-corrected chi connectivity index (χ4v) is 1.20. The molecule has 7 heteroatoms. The van der Waals surface area contributed by atoms with E-state index in [1.807, 2.05) is 0 Å². The van der Waals surface area contributed by atoms with Crippen LogP contribution in [0.5, 0.6) is 0 Å². The molecule has 0 saturated heterocycles. The summed E-state index contributed by atoms with van der Waals surface area (Å²) < 4.78 is 25.7. The summed E-state index contributed by atoms with van der Waals surface area (Å²) in [5.41, 5.74) is 4.97. The highest BCUT2D eigenvalue weighted by atomic mass is 32.2. The van der Waals surface area contributed by atoms with Crippen LogP contribution >= 0.6 is 0 Å². The van der Waals surface area contributed by atoms with E-state index in [1.54, 1.807) is 0 Å². The van der Waals surface area contributed by atoms with Crippen molar-refractivity contribution < 1.29 is 22.5 Å². The van der Waals surface area contributed by atoms with Crippen LogP contribution in [-0.4, -0.2) is 38.4 Å². The lowest BCUT2D eigenvalue weighted by Crippen LogP contribution is -2.19. The molecule has 72 valence electrons. The maximum absolute atomic E-state index is 10.7. The Hall–Kier alpha value is -0.660. The van der Waals surface area contributed by atoms with Gasteiger partial charge in [0.1, 0.15) is 0 Å². The normalized spacial score (nSPS) is 11.4. The van der Waals surface area contributed by atoms with Crippen molar-refractivity contribution in [2.45, 2.75) is 6.42 Å². The fraction of sp³-hybridized carbons (Fsp3) is 0.800. The zero-order valence-electron chi connectivity index (χ0n) is 6.39. The predicted octanol–water partition coefficient (Wildman–Crippen LogP) is -1.23. The summed E-state index contributed by atoms with van der Waals surface area (Å²) in [6.45, 7) is -0.368. The molecule has 3 N–H and O–H groups in total. The lowest BCUT2D eigenvalue weighted by atomic mass is 10.5. The summed E-state index contributed by atoms with van der Waals surface area (Å²) in [5.74, 6) is -1.38. The second-order valence-electron chi connectivity index (χ2n) is 2.02. The average Bonchev–Trinajstić information content (AvgIpc) is 1.85. The molecule has 0 aromatic carbocycles. The monoisotopic (exact) mass is 197 g/mol. The number of carboxylic acid groups (broad SMARTS) is 1. The van der Waals surface area contributed by atoms with Crippen LogP contribution in [0.25, 0.3) is 0 Å². The SMILES string of the molecule is NCCS(=O)(=O)OCCC(=O)O. The summed E-state index contributed by atoms with van der Waals surface area (Å²) in [4.78, 5) is 9.94. The first kappa shape index (κ1) is 11.3. The van der Waals surface area contributed by atoms with Gasteiger partial charge in [0.2, 0.25) is 0 Å². The minimum atomic E-state index is -3.62. The first-order valence-corrected chi connectivity index (χ1v) is 4.84. The van der Waals surface area contributed by atoms with Crippen molar-refractivity contribution in [3.63, 3.8) is 0 Å². The molecule has 0 spiro atoms. The maximum atomic E-state index is 10.7. The van der Waals surface area contributed by atoms with Gasteiger partial charge in [-0.05, 0) is 0 Å². The number of nitrogens with two attached hydrogens (primary N) is 1. The summed E-state index contributed by atoms with van der Waals surface area (Å²) in [6.07, 6.45) is -0.330. The molecule has 0 saturated carbocycles. The van der Waals surface area contributed by atoms with E-state index in [9.17, 15) is 13.2 Å². The van der Waals surface area contributed by atoms with Crippen molar-refractivity contribution in [1.29, 1.82) is 0 Å². The molecular formula is C5H11NO5S. The molecule has 0 aliphatic carbocycles. The second kappa shape index (κ2) is 5.07. The largest absolute Gasteiger partial charge is 0.481 e. The van der Waals surface area contributed by atoms with E-state index < -0.39 is 16.1 Å². The summed E-state index contributed by atoms with van der Waals surface area (Å²) in [7, 11) is -3.62. The standard InChI is InChI=1S/C5H11NO5S/c6-2-4-12(9,10)11-3-1-5(7)8/h1-4,6H2,(H,7,8). The molecule has 12 heavy (non-hydrogen) atoms. The summed E-state index contributed by atoms with van der Waals surface area (Å²) in [5, 5.41) is 8.14. The zero-order chi connectivity index (χ0) is 9.61. The Balaban J connectivity index is 3.69. The number of hydrogen-bond donors (Lipinski definition) is 2. The Morgan fingerprint density at radius 3 is 2.50 bits per heavy atom. The number of carboxylic acids is 1. The highest BCUT2D eigenvalue weighted by molar-refractivity contribution is 7.86. The van der Waals surface area contributed by atoms with E-state index in [1.165, 1.54) is 0 Å². The molecule has 0 unspecified atom stereocenters. The molecule has 0 fully saturated rings. The lowest BCUT2D eigenvalue weighted by molar-refractivity contribution is -0.137. The first-order valence-electron chi connectivity index (χ1n) is 3.27. The Bertz CT molecular complexity index is 234. The average molecular weight is 197 g/mol. The minimum Gasteiger partial charge on any atom is -0.481 e. The number of aliphatic carboxylic acids is 1. The Morgan fingerprint density at radius 2 is 2.08 bits per heavy atom. The van der Waals surface area contributed by atoms with E-state index in [4.69, 9.17) is 10.8 Å². The molecule has 0 aliphatic heterocycles. The Morgan fingerprint density at radius 1 is 1.50 bits per heavy atom. The van der Waals surface area contributed by atoms with Gasteiger partial charge in [0.05, 0.1) is 18.8 Å². The molecule has 0 amide bonds. The number of rotatable bonds is 6. The van der Waals surface area contributed by atoms with Crippen LogP contribution in [-0.2, 0) is 19.1 Å². The van der Waals surface area contributed by atoms with E-state index >= 15 is 0 Å². The summed E-state index contributed by atoms with van der Waals surface area (Å²) in [6, 6.07) is 0. The van der Waals surface area contributed by atoms with Crippen molar-refractivity contribution in [2.24, 2.45) is 5.73 Å². The van der Waals surface area contributed by atoms with Crippen molar-refractivity contribution in [3.05, 3.63) is 0 Å². The Kier molecular flexibility index (Phi) is 4.79. The van der Waals surface area contributed by atoms with Crippen LogP contribution in [0.2, 0.25) is 0 Å². The Labute approximate surface area is 70.4 Å². The van der Waals surface area contributed by atoms with Gasteiger partial charge in [0.15, 0.2) is 0 Å². The minimum absolute atomic E-state index is 0.0323. The molecule has 0 rings (SSSR count). The lowest BCUT2D eigenvalue weighted by Gasteiger charge is -2.01. The smallest absolute Gasteiger partial charge is 0.305 e. The van der Waals surface area contributed by atoms with Crippen LogP contribution in [0, 0.1) is 0 Å². The molecule has 0 heterocycles. The van der Waals surface area contributed by atoms with Crippen LogP contribution in [0.15, 0.2) is 0 Å². The van der Waals surface area contributed by atoms with Gasteiger partial charge >= 0.3 is 5.97 Å². The molecule has 0 aromatic heterocycles. The van der Waals surface area contributed by atoms with E-state index in [0.29, 0.717) is 0 Å². The zero-order valence-corrected chi connectivity index (χ0v) is 7.21. The number of hydrogen-bond acceptors (Lipinski definition) is 5. The number of carbonyl (C=O) groups is 1. The third-order valence-electron chi connectivity index (χ3n) is 0.947. The third kappa shape index (κ3) is 6.08. The van der Waals surface area contributed by atoms with Gasteiger partial charge in [0, 0.05) is 6.54 Å². The molecule has 0 radical (unpaired) electrons. The van der Waals surface area contributed by atoms with Crippen LogP contribution < -0.4 is 5.73 Å². The van der Waals surface area contributed by atoms with Gasteiger partial charge in [0.25, 0.3) is 10.1 Å². The molecule has 0 aliphatic rings. The molecule has 0 aromatic rings. The van der Waals surface area contributed by atoms with Crippen LogP contribution in [0.1, 0.15) is 6.42 Å². The van der Waals surface area contributed by atoms with Crippen molar-refractivity contribution in [2.75, 3.05) is 18.9 Å². The highest BCUT2D eigenvalue weighted by Gasteiger charge is 2.09. The van der Waals surface area contributed by atoms with Crippen LogP contribution in [0.4, 0.5) is 0 Å².